The first kappa shape index (κ1) is 19.6. The van der Waals surface area contributed by atoms with Gasteiger partial charge in [0.05, 0.1) is 0 Å². The fourth-order valence-electron chi connectivity index (χ4n) is 0.478. The van der Waals surface area contributed by atoms with Crippen molar-refractivity contribution in [2.45, 2.75) is 6.54 Å². The van der Waals surface area contributed by atoms with E-state index in [1.165, 1.54) is 12.2 Å². The van der Waals surface area contributed by atoms with Gasteiger partial charge in [-0.15, -0.1) is 0 Å². The van der Waals surface area contributed by atoms with E-state index in [0.29, 0.717) is 0 Å². The van der Waals surface area contributed by atoms with E-state index in [1.807, 2.05) is 0 Å². The first-order valence-corrected chi connectivity index (χ1v) is 4.78. The molecule has 2 N–H and O–H groups in total. The first-order chi connectivity index (χ1) is 9.33. The van der Waals surface area contributed by atoms with Crippen molar-refractivity contribution < 1.29 is 47.9 Å². The van der Waals surface area contributed by atoms with E-state index in [-0.39, 0.29) is 13.2 Å². The van der Waals surface area contributed by atoms with Crippen LogP contribution in [0.4, 0.5) is 18.8 Å². The zero-order chi connectivity index (χ0) is 16.0. The van der Waals surface area contributed by atoms with Crippen molar-refractivity contribution in [3.8, 4) is 0 Å². The molecule has 0 amide bonds. The predicted octanol–water partition coefficient (Wildman–Crippen LogP) is 2.14. The Morgan fingerprint density at radius 1 is 1.00 bits per heavy atom. The van der Waals surface area contributed by atoms with Gasteiger partial charge in [0.25, 0.3) is 0 Å². The van der Waals surface area contributed by atoms with Crippen LogP contribution in [0.3, 0.4) is 0 Å². The average molecular weight is 296 g/mol. The Kier molecular flexibility index (Phi) is 12.4. The lowest BCUT2D eigenvalue weighted by molar-refractivity contribution is -0.165. The molecular formula is C10H13FO9. The Morgan fingerprint density at radius 3 is 1.60 bits per heavy atom. The maximum absolute atomic E-state index is 11.7. The summed E-state index contributed by atoms with van der Waals surface area (Å²) in [7, 11) is 0. The summed E-state index contributed by atoms with van der Waals surface area (Å²) in [6, 6.07) is 0. The summed E-state index contributed by atoms with van der Waals surface area (Å²) in [6.45, 7) is 4.29. The fraction of sp³-hybridized carbons (Fsp3) is 0.300. The summed E-state index contributed by atoms with van der Waals surface area (Å²) in [5.41, 5.74) is 0. The van der Waals surface area contributed by atoms with Gasteiger partial charge >= 0.3 is 25.0 Å². The number of carbonyl (C=O) groups is 3. The molecule has 114 valence electrons. The van der Waals surface area contributed by atoms with Crippen LogP contribution in [0.15, 0.2) is 25.3 Å². The molecule has 0 aliphatic rings. The molecule has 0 aliphatic heterocycles. The second-order valence-corrected chi connectivity index (χ2v) is 2.49. The van der Waals surface area contributed by atoms with E-state index in [2.05, 4.69) is 32.1 Å². The van der Waals surface area contributed by atoms with Gasteiger partial charge in [0.2, 0.25) is 0 Å². The number of alkyl halides is 1. The lowest BCUT2D eigenvalue weighted by atomic mass is 10.7. The Morgan fingerprint density at radius 2 is 1.35 bits per heavy atom. The summed E-state index contributed by atoms with van der Waals surface area (Å²) in [5, 5.41) is 15.3. The van der Waals surface area contributed by atoms with Crippen LogP contribution in [-0.4, -0.2) is 48.4 Å². The third-order valence-electron chi connectivity index (χ3n) is 1.03. The molecule has 0 spiro atoms. The summed E-state index contributed by atoms with van der Waals surface area (Å²) in [6.07, 6.45) is -1.66. The SMILES string of the molecule is C=CCOC(=O)OCC=C.O=C(O)OC(F)OC(=O)O. The number of hydrogen-bond acceptors (Lipinski definition) is 7. The standard InChI is InChI=1S/C7H10O3.C3H3FO6/c1-3-5-9-7(8)10-6-4-2;4-1(9-2(5)6)10-3(7)8/h3-4H,1-2,5-6H2;1H,(H,5,6)(H,7,8). The van der Waals surface area contributed by atoms with E-state index >= 15 is 0 Å². The average Bonchev–Trinajstić information content (AvgIpc) is 2.32. The van der Waals surface area contributed by atoms with Gasteiger partial charge in [-0.2, -0.15) is 4.39 Å². The van der Waals surface area contributed by atoms with Gasteiger partial charge in [-0.05, 0) is 0 Å². The number of halogens is 1. The van der Waals surface area contributed by atoms with Crippen LogP contribution in [0.2, 0.25) is 0 Å². The number of carbonyl (C=O) groups excluding carboxylic acids is 1. The highest BCUT2D eigenvalue weighted by molar-refractivity contribution is 5.60. The maximum atomic E-state index is 11.7. The highest BCUT2D eigenvalue weighted by Gasteiger charge is 2.15. The zero-order valence-electron chi connectivity index (χ0n) is 10.2. The fourth-order valence-corrected chi connectivity index (χ4v) is 0.478. The molecule has 10 heteroatoms. The highest BCUT2D eigenvalue weighted by atomic mass is 19.2. The Bertz CT molecular complexity index is 312. The molecule has 0 aliphatic carbocycles. The van der Waals surface area contributed by atoms with Crippen molar-refractivity contribution in [3.05, 3.63) is 25.3 Å². The van der Waals surface area contributed by atoms with Gasteiger partial charge in [-0.25, -0.2) is 14.4 Å². The second kappa shape index (κ2) is 12.7. The first-order valence-electron chi connectivity index (χ1n) is 4.78. The van der Waals surface area contributed by atoms with E-state index in [1.54, 1.807) is 0 Å². The lowest BCUT2D eigenvalue weighted by Gasteiger charge is -2.03. The molecule has 0 atom stereocenters. The normalized spacial score (nSPS) is 8.50. The summed E-state index contributed by atoms with van der Waals surface area (Å²) in [5.74, 6) is 0. The van der Waals surface area contributed by atoms with Gasteiger partial charge in [0.1, 0.15) is 13.2 Å². The molecule has 0 bridgehead atoms. The second-order valence-electron chi connectivity index (χ2n) is 2.49. The molecule has 0 saturated carbocycles. The Hall–Kier alpha value is -2.78. The van der Waals surface area contributed by atoms with Crippen LogP contribution >= 0.6 is 0 Å². The molecule has 0 heterocycles. The molecule has 0 unspecified atom stereocenters. The van der Waals surface area contributed by atoms with Crippen LogP contribution in [0.25, 0.3) is 0 Å². The van der Waals surface area contributed by atoms with Crippen LogP contribution in [0, 0.1) is 0 Å². The van der Waals surface area contributed by atoms with Gasteiger partial charge in [0.15, 0.2) is 0 Å². The van der Waals surface area contributed by atoms with Crippen molar-refractivity contribution >= 4 is 18.5 Å². The quantitative estimate of drug-likeness (QED) is 0.430. The Labute approximate surface area is 112 Å². The Balaban J connectivity index is 0. The minimum Gasteiger partial charge on any atom is -0.450 e. The number of ether oxygens (including phenoxy) is 4. The van der Waals surface area contributed by atoms with E-state index in [4.69, 9.17) is 10.2 Å². The molecular weight excluding hydrogens is 283 g/mol. The lowest BCUT2D eigenvalue weighted by Crippen LogP contribution is -2.18. The molecule has 0 radical (unpaired) electrons. The third-order valence-corrected chi connectivity index (χ3v) is 1.03. The third kappa shape index (κ3) is 17.6. The summed E-state index contributed by atoms with van der Waals surface area (Å²) < 4.78 is 27.0. The topological polar surface area (TPSA) is 129 Å². The van der Waals surface area contributed by atoms with Crippen molar-refractivity contribution in [2.24, 2.45) is 0 Å². The van der Waals surface area contributed by atoms with Crippen LogP contribution in [-0.2, 0) is 18.9 Å². The molecule has 0 rings (SSSR count). The van der Waals surface area contributed by atoms with Crippen LogP contribution in [0.5, 0.6) is 0 Å². The van der Waals surface area contributed by atoms with Crippen molar-refractivity contribution in [3.63, 3.8) is 0 Å². The smallest absolute Gasteiger partial charge is 0.450 e. The van der Waals surface area contributed by atoms with Gasteiger partial charge < -0.3 is 29.2 Å². The summed E-state index contributed by atoms with van der Waals surface area (Å²) >= 11 is 0. The van der Waals surface area contributed by atoms with Gasteiger partial charge in [0, 0.05) is 0 Å². The minimum absolute atomic E-state index is 0.177. The predicted molar refractivity (Wildman–Crippen MR) is 60.8 cm³/mol. The largest absolute Gasteiger partial charge is 0.510 e. The highest BCUT2D eigenvalue weighted by Crippen LogP contribution is 1.96. The minimum atomic E-state index is -2.78. The van der Waals surface area contributed by atoms with Crippen molar-refractivity contribution in [1.82, 2.24) is 0 Å². The van der Waals surface area contributed by atoms with E-state index in [9.17, 15) is 18.8 Å². The molecule has 0 aromatic heterocycles. The summed E-state index contributed by atoms with van der Waals surface area (Å²) in [4.78, 5) is 29.3. The maximum Gasteiger partial charge on any atom is 0.510 e. The molecule has 0 fully saturated rings. The number of hydrogen-bond donors (Lipinski definition) is 2. The molecule has 0 aromatic rings. The monoisotopic (exact) mass is 296 g/mol. The van der Waals surface area contributed by atoms with Crippen LogP contribution < -0.4 is 0 Å². The molecule has 9 nitrogen and oxygen atoms in total. The van der Waals surface area contributed by atoms with E-state index in [0.717, 1.165) is 0 Å². The van der Waals surface area contributed by atoms with Crippen LogP contribution in [0.1, 0.15) is 0 Å². The van der Waals surface area contributed by atoms with Crippen molar-refractivity contribution in [2.75, 3.05) is 13.2 Å². The van der Waals surface area contributed by atoms with E-state index < -0.39 is 25.0 Å². The number of carboxylic acid groups (broad SMARTS) is 2. The molecule has 0 saturated heterocycles. The van der Waals surface area contributed by atoms with Gasteiger partial charge in [-0.3, -0.25) is 0 Å². The molecule has 0 aromatic carbocycles. The van der Waals surface area contributed by atoms with Crippen molar-refractivity contribution in [1.29, 1.82) is 0 Å². The van der Waals surface area contributed by atoms with Gasteiger partial charge in [-0.1, -0.05) is 25.3 Å². The zero-order valence-corrected chi connectivity index (χ0v) is 10.2. The molecule has 20 heavy (non-hydrogen) atoms. The number of rotatable bonds is 6.